The predicted octanol–water partition coefficient (Wildman–Crippen LogP) is 2.34. The van der Waals surface area contributed by atoms with Crippen LogP contribution < -0.4 is 15.6 Å². The van der Waals surface area contributed by atoms with E-state index in [0.717, 1.165) is 6.07 Å². The van der Waals surface area contributed by atoms with E-state index in [2.05, 4.69) is 15.5 Å². The van der Waals surface area contributed by atoms with E-state index < -0.39 is 11.7 Å². The van der Waals surface area contributed by atoms with Gasteiger partial charge in [0.2, 0.25) is 5.88 Å². The van der Waals surface area contributed by atoms with Gasteiger partial charge in [-0.15, -0.1) is 5.10 Å². The average molecular weight is 439 g/mol. The molecule has 2 N–H and O–H groups in total. The molecule has 0 bridgehead atoms. The third kappa shape index (κ3) is 4.25. The number of carbonyl (C=O) groups is 2. The minimum absolute atomic E-state index is 0.136. The first kappa shape index (κ1) is 21.3. The van der Waals surface area contributed by atoms with Crippen molar-refractivity contribution in [2.75, 3.05) is 32.7 Å². The first-order valence-electron chi connectivity index (χ1n) is 10.2. The van der Waals surface area contributed by atoms with E-state index in [0.29, 0.717) is 43.5 Å². The van der Waals surface area contributed by atoms with Crippen LogP contribution in [0.5, 0.6) is 11.6 Å². The number of carbonyl (C=O) groups excluding carboxylic acids is 2. The lowest BCUT2D eigenvalue weighted by atomic mass is 10.1. The van der Waals surface area contributed by atoms with Crippen LogP contribution in [0.4, 0.5) is 9.18 Å². The van der Waals surface area contributed by atoms with Gasteiger partial charge in [0.1, 0.15) is 11.6 Å². The second-order valence-corrected chi connectivity index (χ2v) is 7.26. The van der Waals surface area contributed by atoms with Crippen LogP contribution >= 0.6 is 0 Å². The van der Waals surface area contributed by atoms with Gasteiger partial charge in [0.25, 0.3) is 11.5 Å². The van der Waals surface area contributed by atoms with Gasteiger partial charge in [-0.3, -0.25) is 9.59 Å². The maximum Gasteiger partial charge on any atom is 0.317 e. The number of aromatic amines is 1. The minimum atomic E-state index is -0.673. The standard InChI is InChI=1S/C22H22FN5O4/c1-2-24-22(31)28-11-9-27(10-12-28)21(30)17-13-14(7-8-18(17)23)32-20-16-6-4-3-5-15(16)19(29)25-26-20/h3-8,13H,2,9-12H2,1H3,(H,24,31)(H,25,29). The molecular formula is C22H22FN5O4. The third-order valence-electron chi connectivity index (χ3n) is 5.23. The van der Waals surface area contributed by atoms with Gasteiger partial charge in [-0.1, -0.05) is 12.1 Å². The fraction of sp³-hybridized carbons (Fsp3) is 0.273. The molecule has 1 saturated heterocycles. The molecule has 10 heteroatoms. The maximum atomic E-state index is 14.5. The van der Waals surface area contributed by atoms with E-state index in [4.69, 9.17) is 4.74 Å². The third-order valence-corrected chi connectivity index (χ3v) is 5.23. The number of fused-ring (bicyclic) bond motifs is 1. The molecule has 2 aromatic carbocycles. The van der Waals surface area contributed by atoms with Gasteiger partial charge in [-0.25, -0.2) is 14.3 Å². The van der Waals surface area contributed by atoms with Crippen molar-refractivity contribution in [3.63, 3.8) is 0 Å². The van der Waals surface area contributed by atoms with E-state index in [1.165, 1.54) is 17.0 Å². The molecule has 0 atom stereocenters. The van der Waals surface area contributed by atoms with Gasteiger partial charge in [0.05, 0.1) is 16.3 Å². The molecule has 0 unspecified atom stereocenters. The van der Waals surface area contributed by atoms with E-state index in [-0.39, 0.29) is 28.8 Å². The number of rotatable bonds is 4. The Labute approximate surface area is 182 Å². The molecule has 4 rings (SSSR count). The SMILES string of the molecule is CCNC(=O)N1CCN(C(=O)c2cc(Oc3n[nH]c(=O)c4ccccc34)ccc2F)CC1. The molecule has 32 heavy (non-hydrogen) atoms. The molecule has 3 amide bonds. The van der Waals surface area contributed by atoms with Crippen LogP contribution in [0.25, 0.3) is 10.8 Å². The zero-order chi connectivity index (χ0) is 22.7. The number of urea groups is 1. The monoisotopic (exact) mass is 439 g/mol. The highest BCUT2D eigenvalue weighted by molar-refractivity contribution is 5.95. The number of ether oxygens (including phenoxy) is 1. The Kier molecular flexibility index (Phi) is 6.02. The molecule has 9 nitrogen and oxygen atoms in total. The number of halogens is 1. The molecule has 1 aromatic heterocycles. The summed E-state index contributed by atoms with van der Waals surface area (Å²) < 4.78 is 20.3. The first-order valence-corrected chi connectivity index (χ1v) is 10.2. The molecule has 166 valence electrons. The van der Waals surface area contributed by atoms with Gasteiger partial charge < -0.3 is 19.9 Å². The summed E-state index contributed by atoms with van der Waals surface area (Å²) in [5, 5.41) is 9.93. The number of piperazine rings is 1. The number of H-pyrrole nitrogens is 1. The molecule has 0 spiro atoms. The highest BCUT2D eigenvalue weighted by atomic mass is 19.1. The van der Waals surface area contributed by atoms with Gasteiger partial charge in [0.15, 0.2) is 0 Å². The summed E-state index contributed by atoms with van der Waals surface area (Å²) in [6.45, 7) is 3.68. The largest absolute Gasteiger partial charge is 0.437 e. The number of hydrogen-bond donors (Lipinski definition) is 2. The number of benzene rings is 2. The zero-order valence-corrected chi connectivity index (χ0v) is 17.4. The zero-order valence-electron chi connectivity index (χ0n) is 17.4. The van der Waals surface area contributed by atoms with Crippen molar-refractivity contribution in [2.24, 2.45) is 0 Å². The molecule has 0 aliphatic carbocycles. The van der Waals surface area contributed by atoms with Crippen LogP contribution in [0.15, 0.2) is 47.3 Å². The number of aromatic nitrogens is 2. The van der Waals surface area contributed by atoms with Gasteiger partial charge >= 0.3 is 6.03 Å². The van der Waals surface area contributed by atoms with Crippen molar-refractivity contribution in [1.29, 1.82) is 0 Å². The Morgan fingerprint density at radius 1 is 1.09 bits per heavy atom. The van der Waals surface area contributed by atoms with E-state index in [1.54, 1.807) is 29.2 Å². The molecule has 2 heterocycles. The second-order valence-electron chi connectivity index (χ2n) is 7.26. The molecule has 1 aliphatic rings. The average Bonchev–Trinajstić information content (AvgIpc) is 2.82. The first-order chi connectivity index (χ1) is 15.5. The van der Waals surface area contributed by atoms with Crippen molar-refractivity contribution in [3.05, 3.63) is 64.2 Å². The molecule has 1 fully saturated rings. The smallest absolute Gasteiger partial charge is 0.317 e. The van der Waals surface area contributed by atoms with Crippen LogP contribution in [0.3, 0.4) is 0 Å². The Morgan fingerprint density at radius 2 is 1.78 bits per heavy atom. The number of nitrogens with one attached hydrogen (secondary N) is 2. The second kappa shape index (κ2) is 9.04. The fourth-order valence-electron chi connectivity index (χ4n) is 3.56. The molecule has 1 aliphatic heterocycles. The Bertz CT molecular complexity index is 1220. The summed E-state index contributed by atoms with van der Waals surface area (Å²) in [6, 6.07) is 10.5. The van der Waals surface area contributed by atoms with E-state index >= 15 is 0 Å². The molecular weight excluding hydrogens is 417 g/mol. The van der Waals surface area contributed by atoms with Gasteiger partial charge in [-0.05, 0) is 37.3 Å². The van der Waals surface area contributed by atoms with Crippen molar-refractivity contribution in [2.45, 2.75) is 6.92 Å². The fourth-order valence-corrected chi connectivity index (χ4v) is 3.56. The van der Waals surface area contributed by atoms with E-state index in [1.807, 2.05) is 6.92 Å². The summed E-state index contributed by atoms with van der Waals surface area (Å²) in [6.07, 6.45) is 0. The summed E-state index contributed by atoms with van der Waals surface area (Å²) in [5.41, 5.74) is -0.489. The molecule has 0 saturated carbocycles. The van der Waals surface area contributed by atoms with Crippen LogP contribution in [-0.4, -0.2) is 64.7 Å². The van der Waals surface area contributed by atoms with Crippen LogP contribution in [0, 0.1) is 5.82 Å². The number of nitrogens with zero attached hydrogens (tertiary/aromatic N) is 3. The van der Waals surface area contributed by atoms with Crippen molar-refractivity contribution in [3.8, 4) is 11.6 Å². The summed E-state index contributed by atoms with van der Waals surface area (Å²) in [5.74, 6) is -0.809. The molecule has 3 aromatic rings. The number of amides is 3. The van der Waals surface area contributed by atoms with Crippen LogP contribution in [0.2, 0.25) is 0 Å². The van der Waals surface area contributed by atoms with Gasteiger partial charge in [0, 0.05) is 32.7 Å². The van der Waals surface area contributed by atoms with Crippen LogP contribution in [0.1, 0.15) is 17.3 Å². The summed E-state index contributed by atoms with van der Waals surface area (Å²) in [4.78, 5) is 39.9. The Hall–Kier alpha value is -3.95. The highest BCUT2D eigenvalue weighted by Gasteiger charge is 2.26. The highest BCUT2D eigenvalue weighted by Crippen LogP contribution is 2.27. The summed E-state index contributed by atoms with van der Waals surface area (Å²) >= 11 is 0. The lowest BCUT2D eigenvalue weighted by Crippen LogP contribution is -2.53. The van der Waals surface area contributed by atoms with E-state index in [9.17, 15) is 18.8 Å². The normalized spacial score (nSPS) is 13.8. The quantitative estimate of drug-likeness (QED) is 0.649. The van der Waals surface area contributed by atoms with Crippen molar-refractivity contribution >= 4 is 22.7 Å². The van der Waals surface area contributed by atoms with Crippen molar-refractivity contribution in [1.82, 2.24) is 25.3 Å². The van der Waals surface area contributed by atoms with Crippen LogP contribution in [-0.2, 0) is 0 Å². The lowest BCUT2D eigenvalue weighted by Gasteiger charge is -2.34. The topological polar surface area (TPSA) is 108 Å². The lowest BCUT2D eigenvalue weighted by molar-refractivity contribution is 0.0660. The van der Waals surface area contributed by atoms with Gasteiger partial charge in [-0.2, -0.15) is 0 Å². The van der Waals surface area contributed by atoms with Crippen molar-refractivity contribution < 1.29 is 18.7 Å². The predicted molar refractivity (Wildman–Crippen MR) is 115 cm³/mol. The minimum Gasteiger partial charge on any atom is -0.437 e. The summed E-state index contributed by atoms with van der Waals surface area (Å²) in [7, 11) is 0. The Morgan fingerprint density at radius 3 is 2.50 bits per heavy atom. The molecule has 0 radical (unpaired) electrons. The number of hydrogen-bond acceptors (Lipinski definition) is 5. The maximum absolute atomic E-state index is 14.5. The Balaban J connectivity index is 1.53.